The molecule has 1 N–H and O–H groups in total. The van der Waals surface area contributed by atoms with Crippen LogP contribution in [0.5, 0.6) is 0 Å². The van der Waals surface area contributed by atoms with Gasteiger partial charge in [-0.25, -0.2) is 8.42 Å². The molecule has 1 aromatic heterocycles. The first kappa shape index (κ1) is 18.8. The van der Waals surface area contributed by atoms with Gasteiger partial charge in [-0.1, -0.05) is 26.3 Å². The van der Waals surface area contributed by atoms with Gasteiger partial charge in [-0.2, -0.15) is 4.31 Å². The van der Waals surface area contributed by atoms with Crippen LogP contribution in [0.1, 0.15) is 33.6 Å². The predicted molar refractivity (Wildman–Crippen MR) is 98.5 cm³/mol. The fourth-order valence-corrected chi connectivity index (χ4v) is 4.47. The molecule has 2 rings (SSSR count). The molecule has 1 heterocycles. The van der Waals surface area contributed by atoms with Crippen molar-refractivity contribution in [3.8, 4) is 0 Å². The molecular formula is C18H27N3O2S. The fourth-order valence-electron chi connectivity index (χ4n) is 2.79. The van der Waals surface area contributed by atoms with Crippen molar-refractivity contribution in [2.45, 2.75) is 44.6 Å². The molecule has 1 unspecified atom stereocenters. The van der Waals surface area contributed by atoms with E-state index in [2.05, 4.69) is 17.2 Å². The molecule has 0 aliphatic heterocycles. The smallest absolute Gasteiger partial charge is 0.243 e. The second-order valence-electron chi connectivity index (χ2n) is 6.00. The summed E-state index contributed by atoms with van der Waals surface area (Å²) in [6, 6.07) is 6.95. The Kier molecular flexibility index (Phi) is 6.71. The van der Waals surface area contributed by atoms with E-state index in [0.717, 1.165) is 30.2 Å². The van der Waals surface area contributed by atoms with Crippen LogP contribution >= 0.6 is 0 Å². The minimum Gasteiger partial charge on any atom is -0.315 e. The standard InChI is InChI=1S/C18H27N3O2S/c1-4-6-10-19-13-15(3)21(5-2)24(22,23)18-8-7-17-14-20-11-9-16(17)12-18/h7-9,11-12,14-15,19H,4-6,10,13H2,1-3H3. The number of pyridine rings is 1. The van der Waals surface area contributed by atoms with E-state index >= 15 is 0 Å². The van der Waals surface area contributed by atoms with Crippen molar-refractivity contribution < 1.29 is 8.42 Å². The lowest BCUT2D eigenvalue weighted by Gasteiger charge is -2.27. The van der Waals surface area contributed by atoms with E-state index in [0.29, 0.717) is 18.0 Å². The van der Waals surface area contributed by atoms with Gasteiger partial charge in [-0.05, 0) is 43.5 Å². The molecule has 2 aromatic rings. The van der Waals surface area contributed by atoms with Gasteiger partial charge in [0.05, 0.1) is 4.90 Å². The minimum atomic E-state index is -3.51. The lowest BCUT2D eigenvalue weighted by molar-refractivity contribution is 0.337. The van der Waals surface area contributed by atoms with Crippen LogP contribution in [0.15, 0.2) is 41.6 Å². The van der Waals surface area contributed by atoms with Gasteiger partial charge >= 0.3 is 0 Å². The molecule has 1 atom stereocenters. The third-order valence-electron chi connectivity index (χ3n) is 4.17. The van der Waals surface area contributed by atoms with Gasteiger partial charge in [0.2, 0.25) is 10.0 Å². The number of sulfonamides is 1. The molecule has 0 fully saturated rings. The number of rotatable bonds is 9. The molecule has 0 bridgehead atoms. The summed E-state index contributed by atoms with van der Waals surface area (Å²) in [5, 5.41) is 5.16. The van der Waals surface area contributed by atoms with Crippen LogP contribution in [0.3, 0.4) is 0 Å². The normalized spacial score (nSPS) is 13.5. The lowest BCUT2D eigenvalue weighted by Crippen LogP contribution is -2.44. The Morgan fingerprint density at radius 2 is 2.00 bits per heavy atom. The molecule has 0 aliphatic rings. The van der Waals surface area contributed by atoms with Gasteiger partial charge in [-0.3, -0.25) is 4.98 Å². The van der Waals surface area contributed by atoms with Gasteiger partial charge in [-0.15, -0.1) is 0 Å². The number of hydrogen-bond donors (Lipinski definition) is 1. The molecule has 6 heteroatoms. The van der Waals surface area contributed by atoms with Gasteiger partial charge in [0.1, 0.15) is 0 Å². The Balaban J connectivity index is 2.21. The van der Waals surface area contributed by atoms with E-state index in [1.54, 1.807) is 28.8 Å². The molecule has 0 radical (unpaired) electrons. The highest BCUT2D eigenvalue weighted by Crippen LogP contribution is 2.22. The van der Waals surface area contributed by atoms with Gasteiger partial charge < -0.3 is 5.32 Å². The van der Waals surface area contributed by atoms with Crippen molar-refractivity contribution in [3.05, 3.63) is 36.7 Å². The van der Waals surface area contributed by atoms with Crippen molar-refractivity contribution >= 4 is 20.8 Å². The number of benzene rings is 1. The van der Waals surface area contributed by atoms with Crippen molar-refractivity contribution in [1.29, 1.82) is 0 Å². The molecule has 5 nitrogen and oxygen atoms in total. The highest BCUT2D eigenvalue weighted by Gasteiger charge is 2.27. The van der Waals surface area contributed by atoms with Gasteiger partial charge in [0, 0.05) is 36.9 Å². The average Bonchev–Trinajstić information content (AvgIpc) is 2.58. The minimum absolute atomic E-state index is 0.0926. The summed E-state index contributed by atoms with van der Waals surface area (Å²) < 4.78 is 27.6. The van der Waals surface area contributed by atoms with Crippen LogP contribution in [0.2, 0.25) is 0 Å². The zero-order valence-electron chi connectivity index (χ0n) is 14.7. The number of hydrogen-bond acceptors (Lipinski definition) is 4. The van der Waals surface area contributed by atoms with E-state index in [1.807, 2.05) is 26.0 Å². The first-order chi connectivity index (χ1) is 11.5. The van der Waals surface area contributed by atoms with E-state index in [9.17, 15) is 8.42 Å². The van der Waals surface area contributed by atoms with Crippen molar-refractivity contribution in [2.24, 2.45) is 0 Å². The summed E-state index contributed by atoms with van der Waals surface area (Å²) in [6.07, 6.45) is 5.65. The van der Waals surface area contributed by atoms with Crippen LogP contribution in [0.25, 0.3) is 10.8 Å². The number of nitrogens with zero attached hydrogens (tertiary/aromatic N) is 2. The molecule has 1 aromatic carbocycles. The van der Waals surface area contributed by atoms with E-state index in [-0.39, 0.29) is 6.04 Å². The summed E-state index contributed by atoms with van der Waals surface area (Å²) >= 11 is 0. The third-order valence-corrected chi connectivity index (χ3v) is 6.25. The van der Waals surface area contributed by atoms with Crippen LogP contribution in [-0.2, 0) is 10.0 Å². The van der Waals surface area contributed by atoms with Crippen molar-refractivity contribution in [1.82, 2.24) is 14.6 Å². The first-order valence-electron chi connectivity index (χ1n) is 8.57. The van der Waals surface area contributed by atoms with Gasteiger partial charge in [0.25, 0.3) is 0 Å². The second kappa shape index (κ2) is 8.55. The Morgan fingerprint density at radius 3 is 2.71 bits per heavy atom. The summed E-state index contributed by atoms with van der Waals surface area (Å²) in [4.78, 5) is 4.40. The van der Waals surface area contributed by atoms with Gasteiger partial charge in [0.15, 0.2) is 0 Å². The number of nitrogens with one attached hydrogen (secondary N) is 1. The molecule has 24 heavy (non-hydrogen) atoms. The third kappa shape index (κ3) is 4.32. The molecule has 0 saturated heterocycles. The number of unbranched alkanes of at least 4 members (excludes halogenated alkanes) is 1. The van der Waals surface area contributed by atoms with Crippen LogP contribution in [0, 0.1) is 0 Å². The number of fused-ring (bicyclic) bond motifs is 1. The summed E-state index contributed by atoms with van der Waals surface area (Å²) in [5.41, 5.74) is 0. The highest BCUT2D eigenvalue weighted by molar-refractivity contribution is 7.89. The van der Waals surface area contributed by atoms with Crippen LogP contribution in [-0.4, -0.2) is 43.4 Å². The van der Waals surface area contributed by atoms with E-state index in [4.69, 9.17) is 0 Å². The summed E-state index contributed by atoms with van der Waals surface area (Å²) in [7, 11) is -3.51. The lowest BCUT2D eigenvalue weighted by atomic mass is 10.2. The summed E-state index contributed by atoms with van der Waals surface area (Å²) in [5.74, 6) is 0. The first-order valence-corrected chi connectivity index (χ1v) is 10.0. The monoisotopic (exact) mass is 349 g/mol. The average molecular weight is 350 g/mol. The summed E-state index contributed by atoms with van der Waals surface area (Å²) in [6.45, 7) is 8.00. The maximum absolute atomic E-state index is 13.0. The maximum Gasteiger partial charge on any atom is 0.243 e. The molecule has 0 saturated carbocycles. The predicted octanol–water partition coefficient (Wildman–Crippen LogP) is 3.02. The quantitative estimate of drug-likeness (QED) is 0.707. The zero-order chi connectivity index (χ0) is 17.6. The number of likely N-dealkylation sites (N-methyl/N-ethyl adjacent to an activating group) is 1. The van der Waals surface area contributed by atoms with Crippen molar-refractivity contribution in [3.63, 3.8) is 0 Å². The Hall–Kier alpha value is -1.50. The van der Waals surface area contributed by atoms with E-state index < -0.39 is 10.0 Å². The van der Waals surface area contributed by atoms with Crippen LogP contribution < -0.4 is 5.32 Å². The Bertz CT molecular complexity index is 762. The molecular weight excluding hydrogens is 322 g/mol. The number of aromatic nitrogens is 1. The van der Waals surface area contributed by atoms with E-state index in [1.165, 1.54) is 0 Å². The largest absolute Gasteiger partial charge is 0.315 e. The maximum atomic E-state index is 13.0. The fraction of sp³-hybridized carbons (Fsp3) is 0.500. The second-order valence-corrected chi connectivity index (χ2v) is 7.89. The molecule has 0 spiro atoms. The molecule has 0 aliphatic carbocycles. The molecule has 0 amide bonds. The zero-order valence-corrected chi connectivity index (χ0v) is 15.5. The molecule has 132 valence electrons. The highest BCUT2D eigenvalue weighted by atomic mass is 32.2. The SMILES string of the molecule is CCCCNCC(C)N(CC)S(=O)(=O)c1ccc2cnccc2c1. The van der Waals surface area contributed by atoms with Crippen molar-refractivity contribution in [2.75, 3.05) is 19.6 Å². The topological polar surface area (TPSA) is 62.3 Å². The Labute approximate surface area is 145 Å². The Morgan fingerprint density at radius 1 is 1.21 bits per heavy atom. The van der Waals surface area contributed by atoms with Crippen LogP contribution in [0.4, 0.5) is 0 Å².